The van der Waals surface area contributed by atoms with E-state index in [1.54, 1.807) is 0 Å². The summed E-state index contributed by atoms with van der Waals surface area (Å²) >= 11 is 0. The number of ether oxygens (including phenoxy) is 1. The smallest absolute Gasteiger partial charge is 0.429 e. The van der Waals surface area contributed by atoms with Gasteiger partial charge in [0.1, 0.15) is 0 Å². The fourth-order valence-electron chi connectivity index (χ4n) is 1.40. The second-order valence-corrected chi connectivity index (χ2v) is 3.58. The zero-order chi connectivity index (χ0) is 13.9. The minimum absolute atomic E-state index is 0.118. The van der Waals surface area contributed by atoms with E-state index < -0.39 is 12.3 Å². The molecule has 1 atom stereocenters. The molecule has 0 aliphatic rings. The minimum atomic E-state index is -4.59. The molecule has 0 fully saturated rings. The highest BCUT2D eigenvalue weighted by Crippen LogP contribution is 2.35. The zero-order valence-electron chi connectivity index (χ0n) is 9.50. The maximum Gasteiger partial charge on any atom is 0.429 e. The van der Waals surface area contributed by atoms with Crippen LogP contribution < -0.4 is 10.5 Å². The van der Waals surface area contributed by atoms with Crippen LogP contribution in [0.1, 0.15) is 11.7 Å². The average Bonchev–Trinajstić information content (AvgIpc) is 2.36. The molecule has 2 rings (SSSR count). The van der Waals surface area contributed by atoms with Crippen molar-refractivity contribution in [1.82, 2.24) is 15.0 Å². The van der Waals surface area contributed by atoms with Gasteiger partial charge < -0.3 is 10.5 Å². The summed E-state index contributed by atoms with van der Waals surface area (Å²) in [6.07, 6.45) is -3.07. The summed E-state index contributed by atoms with van der Waals surface area (Å²) in [5.41, 5.74) is 5.17. The molecule has 8 heteroatoms. The van der Waals surface area contributed by atoms with Gasteiger partial charge in [0, 0.05) is 30.2 Å². The molecule has 0 aromatic carbocycles. The first kappa shape index (κ1) is 13.1. The average molecular weight is 270 g/mol. The molecular formula is C11H9F3N4O. The summed E-state index contributed by atoms with van der Waals surface area (Å²) in [7, 11) is 0. The van der Waals surface area contributed by atoms with Crippen molar-refractivity contribution < 1.29 is 17.9 Å². The standard InChI is InChI=1S/C11H9F3N4O/c12-11(13,14)9(7-2-1-4-16-6-7)19-8-3-5-17-10(15)18-8/h1-6,9H,(H2,15,17,18). The van der Waals surface area contributed by atoms with Gasteiger partial charge in [-0.05, 0) is 6.07 Å². The van der Waals surface area contributed by atoms with Crippen LogP contribution in [0, 0.1) is 0 Å². The van der Waals surface area contributed by atoms with Gasteiger partial charge in [0.25, 0.3) is 0 Å². The van der Waals surface area contributed by atoms with E-state index >= 15 is 0 Å². The molecule has 0 spiro atoms. The van der Waals surface area contributed by atoms with E-state index in [-0.39, 0.29) is 17.4 Å². The Hall–Kier alpha value is -2.38. The van der Waals surface area contributed by atoms with Crippen molar-refractivity contribution in [2.75, 3.05) is 5.73 Å². The predicted molar refractivity (Wildman–Crippen MR) is 60.1 cm³/mol. The Morgan fingerprint density at radius 2 is 2.00 bits per heavy atom. The third-order valence-corrected chi connectivity index (χ3v) is 2.17. The van der Waals surface area contributed by atoms with Crippen LogP contribution in [0.5, 0.6) is 5.88 Å². The predicted octanol–water partition coefficient (Wildman–Crippen LogP) is 2.14. The number of nitrogens with two attached hydrogens (primary N) is 1. The summed E-state index contributed by atoms with van der Waals surface area (Å²) in [6.45, 7) is 0. The fraction of sp³-hybridized carbons (Fsp3) is 0.182. The third kappa shape index (κ3) is 3.30. The molecule has 1 unspecified atom stereocenters. The Balaban J connectivity index is 2.30. The number of halogens is 3. The van der Waals surface area contributed by atoms with Crippen LogP contribution in [0.4, 0.5) is 19.1 Å². The van der Waals surface area contributed by atoms with Crippen LogP contribution in [-0.4, -0.2) is 21.1 Å². The maximum atomic E-state index is 13.0. The Morgan fingerprint density at radius 1 is 1.21 bits per heavy atom. The molecule has 19 heavy (non-hydrogen) atoms. The number of alkyl halides is 3. The topological polar surface area (TPSA) is 73.9 Å². The highest BCUT2D eigenvalue weighted by Gasteiger charge is 2.43. The SMILES string of the molecule is Nc1nccc(OC(c2cccnc2)C(F)(F)F)n1. The number of nitrogen functional groups attached to an aromatic ring is 1. The lowest BCUT2D eigenvalue weighted by atomic mass is 10.1. The highest BCUT2D eigenvalue weighted by atomic mass is 19.4. The number of rotatable bonds is 3. The van der Waals surface area contributed by atoms with E-state index in [9.17, 15) is 13.2 Å². The van der Waals surface area contributed by atoms with Crippen LogP contribution in [-0.2, 0) is 0 Å². The highest BCUT2D eigenvalue weighted by molar-refractivity contribution is 5.23. The molecule has 0 aliphatic heterocycles. The van der Waals surface area contributed by atoms with Gasteiger partial charge in [0.15, 0.2) is 0 Å². The Morgan fingerprint density at radius 3 is 2.58 bits per heavy atom. The fourth-order valence-corrected chi connectivity index (χ4v) is 1.40. The number of anilines is 1. The summed E-state index contributed by atoms with van der Waals surface area (Å²) in [5.74, 6) is -0.414. The number of hydrogen-bond donors (Lipinski definition) is 1. The molecule has 0 saturated carbocycles. The van der Waals surface area contributed by atoms with E-state index in [1.807, 2.05) is 0 Å². The van der Waals surface area contributed by atoms with Crippen LogP contribution in [0.2, 0.25) is 0 Å². The van der Waals surface area contributed by atoms with Crippen molar-refractivity contribution in [3.8, 4) is 5.88 Å². The van der Waals surface area contributed by atoms with E-state index in [2.05, 4.69) is 15.0 Å². The van der Waals surface area contributed by atoms with Crippen LogP contribution in [0.3, 0.4) is 0 Å². The molecule has 0 amide bonds. The molecule has 5 nitrogen and oxygen atoms in total. The molecule has 100 valence electrons. The lowest BCUT2D eigenvalue weighted by molar-refractivity contribution is -0.198. The van der Waals surface area contributed by atoms with E-state index in [1.165, 1.54) is 30.6 Å². The summed E-state index contributed by atoms with van der Waals surface area (Å²) in [4.78, 5) is 10.8. The monoisotopic (exact) mass is 270 g/mol. The molecule has 2 aromatic rings. The molecule has 0 bridgehead atoms. The van der Waals surface area contributed by atoms with Gasteiger partial charge in [-0.25, -0.2) is 4.98 Å². The second kappa shape index (κ2) is 5.09. The third-order valence-electron chi connectivity index (χ3n) is 2.17. The van der Waals surface area contributed by atoms with Crippen molar-refractivity contribution in [1.29, 1.82) is 0 Å². The number of pyridine rings is 1. The molecule has 2 aromatic heterocycles. The maximum absolute atomic E-state index is 13.0. The lowest BCUT2D eigenvalue weighted by Gasteiger charge is -2.21. The van der Waals surface area contributed by atoms with Crippen molar-refractivity contribution in [3.05, 3.63) is 42.4 Å². The molecule has 0 aliphatic carbocycles. The van der Waals surface area contributed by atoms with E-state index in [4.69, 9.17) is 10.5 Å². The van der Waals surface area contributed by atoms with Crippen LogP contribution in [0.25, 0.3) is 0 Å². The van der Waals surface area contributed by atoms with E-state index in [0.29, 0.717) is 0 Å². The largest absolute Gasteiger partial charge is 0.460 e. The van der Waals surface area contributed by atoms with Gasteiger partial charge in [0.2, 0.25) is 17.9 Å². The molecule has 0 saturated heterocycles. The van der Waals surface area contributed by atoms with Crippen molar-refractivity contribution in [2.45, 2.75) is 12.3 Å². The van der Waals surface area contributed by atoms with Crippen LogP contribution in [0.15, 0.2) is 36.8 Å². The van der Waals surface area contributed by atoms with Gasteiger partial charge in [-0.1, -0.05) is 6.07 Å². The van der Waals surface area contributed by atoms with Gasteiger partial charge in [-0.3, -0.25) is 4.98 Å². The number of aromatic nitrogens is 3. The van der Waals surface area contributed by atoms with Gasteiger partial charge in [-0.2, -0.15) is 18.2 Å². The van der Waals surface area contributed by atoms with Crippen LogP contribution >= 0.6 is 0 Å². The van der Waals surface area contributed by atoms with Gasteiger partial charge in [0.05, 0.1) is 0 Å². The van der Waals surface area contributed by atoms with Crippen molar-refractivity contribution in [2.24, 2.45) is 0 Å². The normalized spacial score (nSPS) is 13.0. The quantitative estimate of drug-likeness (QED) is 0.924. The second-order valence-electron chi connectivity index (χ2n) is 3.58. The van der Waals surface area contributed by atoms with Gasteiger partial charge >= 0.3 is 6.18 Å². The first-order valence-corrected chi connectivity index (χ1v) is 5.18. The van der Waals surface area contributed by atoms with E-state index in [0.717, 1.165) is 6.20 Å². The lowest BCUT2D eigenvalue weighted by Crippen LogP contribution is -2.26. The summed E-state index contributed by atoms with van der Waals surface area (Å²) in [5, 5.41) is 0. The van der Waals surface area contributed by atoms with Crippen molar-refractivity contribution in [3.63, 3.8) is 0 Å². The summed E-state index contributed by atoms with van der Waals surface area (Å²) in [6, 6.07) is 3.87. The Kier molecular flexibility index (Phi) is 3.50. The molecule has 2 heterocycles. The van der Waals surface area contributed by atoms with Gasteiger partial charge in [-0.15, -0.1) is 0 Å². The first-order valence-electron chi connectivity index (χ1n) is 5.18. The number of hydrogen-bond acceptors (Lipinski definition) is 5. The summed E-state index contributed by atoms with van der Waals surface area (Å²) < 4.78 is 43.7. The first-order chi connectivity index (χ1) is 8.97. The zero-order valence-corrected chi connectivity index (χ0v) is 9.50. The molecular weight excluding hydrogens is 261 g/mol. The Labute approximate surface area is 106 Å². The number of nitrogens with zero attached hydrogens (tertiary/aromatic N) is 3. The molecule has 2 N–H and O–H groups in total. The minimum Gasteiger partial charge on any atom is -0.460 e. The Bertz CT molecular complexity index is 547. The van der Waals surface area contributed by atoms with Crippen molar-refractivity contribution >= 4 is 5.95 Å². The molecule has 0 radical (unpaired) electrons.